The molecule has 0 bridgehead atoms. The summed E-state index contributed by atoms with van der Waals surface area (Å²) in [5, 5.41) is 0.330. The number of halogens is 2. The minimum Gasteiger partial charge on any atom is -0.259 e. The minimum absolute atomic E-state index is 0.139. The molecule has 0 aromatic heterocycles. The van der Waals surface area contributed by atoms with E-state index in [0.29, 0.717) is 16.3 Å². The predicted octanol–water partition coefficient (Wildman–Crippen LogP) is 3.93. The average Bonchev–Trinajstić information content (AvgIpc) is 2.35. The van der Waals surface area contributed by atoms with Gasteiger partial charge in [-0.2, -0.15) is 0 Å². The molecule has 4 heteroatoms. The fourth-order valence-electron chi connectivity index (χ4n) is 1.64. The van der Waals surface area contributed by atoms with Crippen LogP contribution in [0.3, 0.4) is 0 Å². The van der Waals surface area contributed by atoms with Crippen LogP contribution in [0, 0.1) is 5.82 Å². The molecule has 0 aliphatic carbocycles. The summed E-state index contributed by atoms with van der Waals surface area (Å²) < 4.78 is 25.5. The molecule has 0 aliphatic rings. The Kier molecular flexibility index (Phi) is 4.50. The SMILES string of the molecule is O=[S@@](Cc1ccccc1)Cc1c(F)cccc1Cl. The van der Waals surface area contributed by atoms with Gasteiger partial charge in [0.1, 0.15) is 5.82 Å². The van der Waals surface area contributed by atoms with Crippen molar-refractivity contribution >= 4 is 22.4 Å². The van der Waals surface area contributed by atoms with Gasteiger partial charge in [0.05, 0.1) is 5.75 Å². The van der Waals surface area contributed by atoms with Crippen LogP contribution >= 0.6 is 11.6 Å². The first-order chi connectivity index (χ1) is 8.66. The molecule has 2 aromatic rings. The highest BCUT2D eigenvalue weighted by Gasteiger charge is 2.11. The Bertz CT molecular complexity index is 537. The van der Waals surface area contributed by atoms with E-state index in [1.165, 1.54) is 6.07 Å². The lowest BCUT2D eigenvalue weighted by atomic mass is 10.2. The lowest BCUT2D eigenvalue weighted by molar-refractivity contribution is 0.615. The highest BCUT2D eigenvalue weighted by molar-refractivity contribution is 7.83. The van der Waals surface area contributed by atoms with Gasteiger partial charge in [0.25, 0.3) is 0 Å². The van der Waals surface area contributed by atoms with E-state index in [1.807, 2.05) is 30.3 Å². The Labute approximate surface area is 113 Å². The summed E-state index contributed by atoms with van der Waals surface area (Å²) in [5.74, 6) is 0.148. The summed E-state index contributed by atoms with van der Waals surface area (Å²) in [4.78, 5) is 0. The summed E-state index contributed by atoms with van der Waals surface area (Å²) in [6, 6.07) is 14.0. The molecule has 94 valence electrons. The standard InChI is InChI=1S/C14H12ClFOS/c15-13-7-4-8-14(16)12(13)10-18(17)9-11-5-2-1-3-6-11/h1-8H,9-10H2/t18-/m0/s1. The summed E-state index contributed by atoms with van der Waals surface area (Å²) >= 11 is 5.90. The lowest BCUT2D eigenvalue weighted by Gasteiger charge is -2.06. The third-order valence-corrected chi connectivity index (χ3v) is 4.16. The average molecular weight is 283 g/mol. The molecule has 0 aliphatic heterocycles. The molecule has 2 aromatic carbocycles. The van der Waals surface area contributed by atoms with Crippen molar-refractivity contribution < 1.29 is 8.60 Å². The number of rotatable bonds is 4. The van der Waals surface area contributed by atoms with Crippen LogP contribution in [0.2, 0.25) is 5.02 Å². The van der Waals surface area contributed by atoms with E-state index in [1.54, 1.807) is 12.1 Å². The van der Waals surface area contributed by atoms with Gasteiger partial charge in [-0.15, -0.1) is 0 Å². The predicted molar refractivity (Wildman–Crippen MR) is 73.4 cm³/mol. The quantitative estimate of drug-likeness (QED) is 0.830. The molecule has 0 fully saturated rings. The highest BCUT2D eigenvalue weighted by atomic mass is 35.5. The molecule has 0 N–H and O–H groups in total. The zero-order valence-corrected chi connectivity index (χ0v) is 11.2. The second-order valence-corrected chi connectivity index (χ2v) is 5.78. The van der Waals surface area contributed by atoms with E-state index in [-0.39, 0.29) is 5.75 Å². The lowest BCUT2D eigenvalue weighted by Crippen LogP contribution is -2.02. The van der Waals surface area contributed by atoms with Crippen LogP contribution in [-0.2, 0) is 22.3 Å². The fraction of sp³-hybridized carbons (Fsp3) is 0.143. The van der Waals surface area contributed by atoms with Crippen molar-refractivity contribution in [3.8, 4) is 0 Å². The smallest absolute Gasteiger partial charge is 0.128 e. The highest BCUT2D eigenvalue weighted by Crippen LogP contribution is 2.21. The van der Waals surface area contributed by atoms with E-state index >= 15 is 0 Å². The Morgan fingerprint density at radius 2 is 1.72 bits per heavy atom. The third-order valence-electron chi connectivity index (χ3n) is 2.54. The summed E-state index contributed by atoms with van der Waals surface area (Å²) in [6.45, 7) is 0. The first-order valence-corrected chi connectivity index (χ1v) is 7.35. The number of hydrogen-bond donors (Lipinski definition) is 0. The van der Waals surface area contributed by atoms with Gasteiger partial charge < -0.3 is 0 Å². The molecular formula is C14H12ClFOS. The maximum atomic E-state index is 13.5. The van der Waals surface area contributed by atoms with Gasteiger partial charge in [-0.25, -0.2) is 4.39 Å². The van der Waals surface area contributed by atoms with Crippen LogP contribution in [0.15, 0.2) is 48.5 Å². The van der Waals surface area contributed by atoms with Crippen molar-refractivity contribution in [1.29, 1.82) is 0 Å². The van der Waals surface area contributed by atoms with Crippen LogP contribution in [-0.4, -0.2) is 4.21 Å². The van der Waals surface area contributed by atoms with Gasteiger partial charge in [-0.05, 0) is 17.7 Å². The molecule has 0 amide bonds. The maximum Gasteiger partial charge on any atom is 0.128 e. The molecule has 0 saturated carbocycles. The summed E-state index contributed by atoms with van der Waals surface area (Å²) in [5.41, 5.74) is 1.30. The Morgan fingerprint density at radius 3 is 2.39 bits per heavy atom. The molecule has 18 heavy (non-hydrogen) atoms. The van der Waals surface area contributed by atoms with E-state index < -0.39 is 16.6 Å². The van der Waals surface area contributed by atoms with E-state index in [0.717, 1.165) is 5.56 Å². The fourth-order valence-corrected chi connectivity index (χ4v) is 3.23. The summed E-state index contributed by atoms with van der Waals surface area (Å²) in [7, 11) is -1.17. The van der Waals surface area contributed by atoms with Gasteiger partial charge in [0.15, 0.2) is 0 Å². The van der Waals surface area contributed by atoms with Crippen molar-refractivity contribution in [2.45, 2.75) is 11.5 Å². The molecule has 0 saturated heterocycles. The van der Waals surface area contributed by atoms with E-state index in [2.05, 4.69) is 0 Å². The molecule has 0 radical (unpaired) electrons. The monoisotopic (exact) mass is 282 g/mol. The van der Waals surface area contributed by atoms with Gasteiger partial charge in [0.2, 0.25) is 0 Å². The molecule has 0 spiro atoms. The molecule has 2 rings (SSSR count). The van der Waals surface area contributed by atoms with Crippen molar-refractivity contribution in [2.75, 3.05) is 0 Å². The molecule has 0 heterocycles. The Morgan fingerprint density at radius 1 is 1.00 bits per heavy atom. The minimum atomic E-state index is -1.17. The van der Waals surface area contributed by atoms with Crippen LogP contribution in [0.4, 0.5) is 4.39 Å². The first-order valence-electron chi connectivity index (χ1n) is 5.48. The Balaban J connectivity index is 2.08. The van der Waals surface area contributed by atoms with Crippen molar-refractivity contribution in [3.63, 3.8) is 0 Å². The van der Waals surface area contributed by atoms with Crippen LogP contribution in [0.25, 0.3) is 0 Å². The zero-order valence-electron chi connectivity index (χ0n) is 9.61. The van der Waals surface area contributed by atoms with Crippen LogP contribution in [0.5, 0.6) is 0 Å². The molecule has 0 unspecified atom stereocenters. The third kappa shape index (κ3) is 3.40. The zero-order chi connectivity index (χ0) is 13.0. The second-order valence-electron chi connectivity index (χ2n) is 3.91. The second kappa shape index (κ2) is 6.12. The van der Waals surface area contributed by atoms with Gasteiger partial charge in [0, 0.05) is 27.1 Å². The van der Waals surface area contributed by atoms with Crippen molar-refractivity contribution in [3.05, 3.63) is 70.5 Å². The topological polar surface area (TPSA) is 17.1 Å². The van der Waals surface area contributed by atoms with Gasteiger partial charge in [-0.3, -0.25) is 4.21 Å². The molecular weight excluding hydrogens is 271 g/mol. The molecule has 1 nitrogen and oxygen atoms in total. The van der Waals surface area contributed by atoms with Crippen LogP contribution < -0.4 is 0 Å². The number of hydrogen-bond acceptors (Lipinski definition) is 1. The largest absolute Gasteiger partial charge is 0.259 e. The Hall–Kier alpha value is -1.19. The van der Waals surface area contributed by atoms with Crippen LogP contribution in [0.1, 0.15) is 11.1 Å². The normalized spacial score (nSPS) is 12.3. The van der Waals surface area contributed by atoms with Gasteiger partial charge in [-0.1, -0.05) is 48.0 Å². The van der Waals surface area contributed by atoms with Crippen molar-refractivity contribution in [1.82, 2.24) is 0 Å². The summed E-state index contributed by atoms with van der Waals surface area (Å²) in [6.07, 6.45) is 0. The maximum absolute atomic E-state index is 13.5. The van der Waals surface area contributed by atoms with Gasteiger partial charge >= 0.3 is 0 Å². The van der Waals surface area contributed by atoms with Crippen molar-refractivity contribution in [2.24, 2.45) is 0 Å². The number of benzene rings is 2. The molecule has 1 atom stereocenters. The van der Waals surface area contributed by atoms with E-state index in [4.69, 9.17) is 11.6 Å². The van der Waals surface area contributed by atoms with E-state index in [9.17, 15) is 8.60 Å². The first kappa shape index (κ1) is 13.2.